The third-order valence-electron chi connectivity index (χ3n) is 3.43. The smallest absolute Gasteiger partial charge is 0.419 e. The van der Waals surface area contributed by atoms with Gasteiger partial charge in [0.2, 0.25) is 0 Å². The second-order valence-electron chi connectivity index (χ2n) is 5.19. The van der Waals surface area contributed by atoms with Crippen molar-refractivity contribution >= 4 is 5.97 Å². The van der Waals surface area contributed by atoms with Crippen molar-refractivity contribution in [1.82, 2.24) is 14.8 Å². The van der Waals surface area contributed by atoms with Crippen LogP contribution in [0.5, 0.6) is 0 Å². The Morgan fingerprint density at radius 2 is 1.81 bits per heavy atom. The Hall–Kier alpha value is -3.30. The van der Waals surface area contributed by atoms with E-state index in [1.807, 2.05) is 0 Å². The molecule has 0 radical (unpaired) electrons. The highest BCUT2D eigenvalue weighted by molar-refractivity contribution is 5.87. The molecule has 0 saturated heterocycles. The van der Waals surface area contributed by atoms with E-state index < -0.39 is 35.0 Å². The van der Waals surface area contributed by atoms with Crippen molar-refractivity contribution in [2.45, 2.75) is 6.18 Å². The van der Waals surface area contributed by atoms with Crippen LogP contribution in [0.2, 0.25) is 0 Å². The second kappa shape index (κ2) is 6.21. The van der Waals surface area contributed by atoms with Gasteiger partial charge in [-0.15, -0.1) is 0 Å². The normalized spacial score (nSPS) is 11.6. The zero-order valence-corrected chi connectivity index (χ0v) is 12.6. The van der Waals surface area contributed by atoms with E-state index in [1.54, 1.807) is 0 Å². The van der Waals surface area contributed by atoms with E-state index in [4.69, 9.17) is 5.11 Å². The number of hydrogen-bond acceptors (Lipinski definition) is 3. The van der Waals surface area contributed by atoms with Crippen LogP contribution in [-0.4, -0.2) is 25.8 Å². The molecule has 10 heteroatoms. The third kappa shape index (κ3) is 3.25. The number of halogens is 5. The van der Waals surface area contributed by atoms with Crippen molar-refractivity contribution in [2.75, 3.05) is 0 Å². The number of pyridine rings is 1. The molecule has 0 atom stereocenters. The van der Waals surface area contributed by atoms with Crippen molar-refractivity contribution in [3.63, 3.8) is 0 Å². The predicted octanol–water partition coefficient (Wildman–Crippen LogP) is 3.93. The molecule has 1 aromatic carbocycles. The Bertz CT molecular complexity index is 998. The number of rotatable bonds is 3. The van der Waals surface area contributed by atoms with Crippen LogP contribution >= 0.6 is 0 Å². The summed E-state index contributed by atoms with van der Waals surface area (Å²) in [6.07, 6.45) is -2.75. The third-order valence-corrected chi connectivity index (χ3v) is 3.43. The lowest BCUT2D eigenvalue weighted by atomic mass is 10.1. The minimum atomic E-state index is -4.88. The van der Waals surface area contributed by atoms with Gasteiger partial charge >= 0.3 is 12.1 Å². The fourth-order valence-electron chi connectivity index (χ4n) is 2.31. The minimum Gasteiger partial charge on any atom is -0.476 e. The monoisotopic (exact) mass is 369 g/mol. The summed E-state index contributed by atoms with van der Waals surface area (Å²) in [7, 11) is 0. The molecule has 5 nitrogen and oxygen atoms in total. The summed E-state index contributed by atoms with van der Waals surface area (Å²) in [6, 6.07) is 4.12. The SMILES string of the molecule is O=C(O)c1cc(-c2cncc(F)c2)n(-c2ccc(C(F)(F)F)c(F)c2)n1. The summed E-state index contributed by atoms with van der Waals surface area (Å²) in [5.41, 5.74) is -1.95. The Kier molecular flexibility index (Phi) is 4.18. The highest BCUT2D eigenvalue weighted by Crippen LogP contribution is 2.33. The van der Waals surface area contributed by atoms with Gasteiger partial charge in [0, 0.05) is 17.8 Å². The first-order valence-electron chi connectivity index (χ1n) is 6.98. The van der Waals surface area contributed by atoms with Gasteiger partial charge in [0.05, 0.1) is 23.1 Å². The molecule has 1 N–H and O–H groups in total. The van der Waals surface area contributed by atoms with Crippen molar-refractivity contribution < 1.29 is 31.9 Å². The van der Waals surface area contributed by atoms with Crippen molar-refractivity contribution in [3.8, 4) is 16.9 Å². The zero-order chi connectivity index (χ0) is 19.1. The van der Waals surface area contributed by atoms with Crippen molar-refractivity contribution in [2.24, 2.45) is 0 Å². The topological polar surface area (TPSA) is 68.0 Å². The van der Waals surface area contributed by atoms with Crippen molar-refractivity contribution in [3.05, 3.63) is 65.6 Å². The first kappa shape index (κ1) is 17.5. The first-order valence-corrected chi connectivity index (χ1v) is 6.98. The summed E-state index contributed by atoms with van der Waals surface area (Å²) in [6.45, 7) is 0. The number of nitrogens with zero attached hydrogens (tertiary/aromatic N) is 3. The Balaban J connectivity index is 2.19. The molecule has 2 heterocycles. The summed E-state index contributed by atoms with van der Waals surface area (Å²) in [5.74, 6) is -3.68. The lowest BCUT2D eigenvalue weighted by Gasteiger charge is -2.11. The molecular weight excluding hydrogens is 361 g/mol. The molecule has 2 aromatic heterocycles. The maximum absolute atomic E-state index is 13.8. The second-order valence-corrected chi connectivity index (χ2v) is 5.19. The fourth-order valence-corrected chi connectivity index (χ4v) is 2.31. The molecule has 0 aliphatic carbocycles. The molecule has 0 aliphatic rings. The Morgan fingerprint density at radius 3 is 2.38 bits per heavy atom. The van der Waals surface area contributed by atoms with Crippen LogP contribution < -0.4 is 0 Å². The van der Waals surface area contributed by atoms with Crippen LogP contribution in [0.4, 0.5) is 22.0 Å². The molecule has 0 aliphatic heterocycles. The highest BCUT2D eigenvalue weighted by Gasteiger charge is 2.34. The quantitative estimate of drug-likeness (QED) is 0.711. The largest absolute Gasteiger partial charge is 0.476 e. The van der Waals surface area contributed by atoms with Crippen LogP contribution in [0.1, 0.15) is 16.1 Å². The molecule has 3 aromatic rings. The maximum Gasteiger partial charge on any atom is 0.419 e. The van der Waals surface area contributed by atoms with Gasteiger partial charge in [-0.05, 0) is 24.3 Å². The molecule has 0 bridgehead atoms. The van der Waals surface area contributed by atoms with Gasteiger partial charge in [0.25, 0.3) is 0 Å². The van der Waals surface area contributed by atoms with E-state index in [-0.39, 0.29) is 16.9 Å². The molecule has 26 heavy (non-hydrogen) atoms. The average Bonchev–Trinajstić information content (AvgIpc) is 2.99. The van der Waals surface area contributed by atoms with Crippen LogP contribution in [0, 0.1) is 11.6 Å². The van der Waals surface area contributed by atoms with Gasteiger partial charge in [0.15, 0.2) is 5.69 Å². The van der Waals surface area contributed by atoms with Gasteiger partial charge in [0.1, 0.15) is 11.6 Å². The number of alkyl halides is 3. The summed E-state index contributed by atoms with van der Waals surface area (Å²) in [5, 5.41) is 12.8. The van der Waals surface area contributed by atoms with Crippen LogP contribution in [0.15, 0.2) is 42.7 Å². The van der Waals surface area contributed by atoms with E-state index in [1.165, 1.54) is 6.20 Å². The Morgan fingerprint density at radius 1 is 1.08 bits per heavy atom. The number of benzene rings is 1. The summed E-state index contributed by atoms with van der Waals surface area (Å²) >= 11 is 0. The van der Waals surface area contributed by atoms with Crippen LogP contribution in [0.25, 0.3) is 16.9 Å². The maximum atomic E-state index is 13.8. The Labute approximate surface area is 142 Å². The fraction of sp³-hybridized carbons (Fsp3) is 0.0625. The minimum absolute atomic E-state index is 0.0218. The molecule has 134 valence electrons. The molecule has 0 spiro atoms. The van der Waals surface area contributed by atoms with Gasteiger partial charge in [-0.3, -0.25) is 4.98 Å². The van der Waals surface area contributed by atoms with Gasteiger partial charge < -0.3 is 5.11 Å². The molecule has 3 rings (SSSR count). The van der Waals surface area contributed by atoms with Gasteiger partial charge in [-0.25, -0.2) is 18.3 Å². The molecule has 0 fully saturated rings. The van der Waals surface area contributed by atoms with Crippen LogP contribution in [-0.2, 0) is 6.18 Å². The summed E-state index contributed by atoms with van der Waals surface area (Å²) in [4.78, 5) is 14.8. The molecular formula is C16H8F5N3O2. The number of aromatic nitrogens is 3. The summed E-state index contributed by atoms with van der Waals surface area (Å²) < 4.78 is 66.2. The number of carboxylic acid groups (broad SMARTS) is 1. The highest BCUT2D eigenvalue weighted by atomic mass is 19.4. The average molecular weight is 369 g/mol. The standard InChI is InChI=1S/C16H8F5N3O2/c17-9-3-8(6-22-7-9)14-5-13(15(25)26)23-24(14)10-1-2-11(12(18)4-10)16(19,20)21/h1-7H,(H,25,26). The molecule has 0 amide bonds. The lowest BCUT2D eigenvalue weighted by Crippen LogP contribution is -2.09. The number of carbonyl (C=O) groups is 1. The number of aromatic carboxylic acids is 1. The predicted molar refractivity (Wildman–Crippen MR) is 78.7 cm³/mol. The zero-order valence-electron chi connectivity index (χ0n) is 12.6. The van der Waals surface area contributed by atoms with Crippen molar-refractivity contribution in [1.29, 1.82) is 0 Å². The molecule has 0 unspecified atom stereocenters. The molecule has 0 saturated carbocycles. The van der Waals surface area contributed by atoms with Crippen LogP contribution in [0.3, 0.4) is 0 Å². The van der Waals surface area contributed by atoms with E-state index >= 15 is 0 Å². The first-order chi connectivity index (χ1) is 12.2. The van der Waals surface area contributed by atoms with E-state index in [9.17, 15) is 26.7 Å². The van der Waals surface area contributed by atoms with Gasteiger partial charge in [-0.1, -0.05) is 0 Å². The number of carboxylic acids is 1. The van der Waals surface area contributed by atoms with E-state index in [2.05, 4.69) is 10.1 Å². The van der Waals surface area contributed by atoms with Gasteiger partial charge in [-0.2, -0.15) is 18.3 Å². The van der Waals surface area contributed by atoms with E-state index in [0.29, 0.717) is 12.1 Å². The number of hydrogen-bond donors (Lipinski definition) is 1. The van der Waals surface area contributed by atoms with E-state index in [0.717, 1.165) is 29.1 Å². The lowest BCUT2D eigenvalue weighted by molar-refractivity contribution is -0.140.